The van der Waals surface area contributed by atoms with Crippen LogP contribution in [-0.4, -0.2) is 37.7 Å². The molecule has 0 spiro atoms. The molecule has 166 valence electrons. The molecule has 1 aromatic carbocycles. The summed E-state index contributed by atoms with van der Waals surface area (Å²) in [5.41, 5.74) is 1.21. The zero-order valence-electron chi connectivity index (χ0n) is 16.8. The molecule has 1 aromatic heterocycles. The molecule has 30 heavy (non-hydrogen) atoms. The maximum atomic E-state index is 12.6. The molecule has 0 aliphatic carbocycles. The van der Waals surface area contributed by atoms with Crippen LogP contribution in [0.1, 0.15) is 28.8 Å². The first-order valence-electron chi connectivity index (χ1n) is 9.12. The Morgan fingerprint density at radius 2 is 2.13 bits per heavy atom. The molecule has 0 amide bonds. The van der Waals surface area contributed by atoms with Crippen molar-refractivity contribution in [2.24, 2.45) is 4.99 Å². The summed E-state index contributed by atoms with van der Waals surface area (Å²) < 4.78 is 49.1. The molecule has 3 rings (SSSR count). The van der Waals surface area contributed by atoms with Gasteiger partial charge in [-0.2, -0.15) is 13.2 Å². The smallest absolute Gasteiger partial charge is 0.434 e. The van der Waals surface area contributed by atoms with Gasteiger partial charge in [-0.15, -0.1) is 35.3 Å². The molecule has 2 aromatic rings. The minimum Gasteiger partial charge on any atom is -0.496 e. The fourth-order valence-corrected chi connectivity index (χ4v) is 3.86. The second kappa shape index (κ2) is 10.5. The van der Waals surface area contributed by atoms with Gasteiger partial charge in [0.25, 0.3) is 0 Å². The topological polar surface area (TPSA) is 67.8 Å². The first-order chi connectivity index (χ1) is 13.8. The maximum Gasteiger partial charge on any atom is 0.434 e. The Hall–Kier alpha value is -1.76. The number of benzene rings is 1. The van der Waals surface area contributed by atoms with Crippen molar-refractivity contribution < 1.29 is 22.6 Å². The fraction of sp³-hybridized carbons (Fsp3) is 0.474. The normalized spacial score (nSPS) is 15.8. The van der Waals surface area contributed by atoms with E-state index in [2.05, 4.69) is 20.6 Å². The zero-order chi connectivity index (χ0) is 21.0. The van der Waals surface area contributed by atoms with Crippen molar-refractivity contribution in [2.45, 2.75) is 38.6 Å². The van der Waals surface area contributed by atoms with E-state index in [9.17, 15) is 13.2 Å². The Morgan fingerprint density at radius 3 is 2.77 bits per heavy atom. The van der Waals surface area contributed by atoms with Crippen LogP contribution in [0.15, 0.2) is 22.5 Å². The number of methoxy groups -OCH3 is 1. The number of fused-ring (bicyclic) bond motifs is 1. The number of guanidine groups is 1. The van der Waals surface area contributed by atoms with Gasteiger partial charge in [0.2, 0.25) is 0 Å². The van der Waals surface area contributed by atoms with Gasteiger partial charge in [0.05, 0.1) is 12.1 Å². The highest BCUT2D eigenvalue weighted by molar-refractivity contribution is 14.0. The summed E-state index contributed by atoms with van der Waals surface area (Å²) in [6.45, 7) is 2.89. The van der Waals surface area contributed by atoms with E-state index in [4.69, 9.17) is 9.47 Å². The number of thiazole rings is 1. The molecular formula is C19H24F3IN4O2S. The fourth-order valence-electron chi connectivity index (χ4n) is 3.05. The number of aliphatic imine (C=N–C) groups is 1. The minimum absolute atomic E-state index is 0. The van der Waals surface area contributed by atoms with Crippen LogP contribution in [0.3, 0.4) is 0 Å². The molecule has 1 unspecified atom stereocenters. The largest absolute Gasteiger partial charge is 0.496 e. The number of alkyl halides is 3. The molecule has 1 aliphatic rings. The summed E-state index contributed by atoms with van der Waals surface area (Å²) in [6, 6.07) is 3.96. The number of ether oxygens (including phenoxy) is 2. The van der Waals surface area contributed by atoms with E-state index in [1.54, 1.807) is 14.2 Å². The predicted molar refractivity (Wildman–Crippen MR) is 121 cm³/mol. The average molecular weight is 556 g/mol. The van der Waals surface area contributed by atoms with Crippen LogP contribution in [0, 0.1) is 0 Å². The van der Waals surface area contributed by atoms with Crippen molar-refractivity contribution in [1.29, 1.82) is 0 Å². The van der Waals surface area contributed by atoms with Crippen molar-refractivity contribution in [1.82, 2.24) is 15.6 Å². The first kappa shape index (κ1) is 24.5. The number of rotatable bonds is 6. The SMILES string of the molecule is CN=C(NCCc1nc(C(F)(F)F)cs1)NCc1cc2c(cc1OC)CC(C)O2.I. The molecule has 2 N–H and O–H groups in total. The number of hydrogen-bond donors (Lipinski definition) is 2. The third-order valence-electron chi connectivity index (χ3n) is 4.44. The highest BCUT2D eigenvalue weighted by Gasteiger charge is 2.33. The quantitative estimate of drug-likeness (QED) is 0.320. The van der Waals surface area contributed by atoms with E-state index >= 15 is 0 Å². The van der Waals surface area contributed by atoms with E-state index in [1.807, 2.05) is 19.1 Å². The van der Waals surface area contributed by atoms with Gasteiger partial charge in [0.15, 0.2) is 11.7 Å². The minimum atomic E-state index is -4.41. The Labute approximate surface area is 194 Å². The van der Waals surface area contributed by atoms with Gasteiger partial charge in [-0.1, -0.05) is 0 Å². The molecule has 6 nitrogen and oxygen atoms in total. The van der Waals surface area contributed by atoms with Crippen LogP contribution in [0.4, 0.5) is 13.2 Å². The van der Waals surface area contributed by atoms with Crippen LogP contribution >= 0.6 is 35.3 Å². The molecule has 1 atom stereocenters. The van der Waals surface area contributed by atoms with E-state index in [-0.39, 0.29) is 30.1 Å². The number of hydrogen-bond acceptors (Lipinski definition) is 5. The Balaban J connectivity index is 0.00000320. The van der Waals surface area contributed by atoms with Crippen molar-refractivity contribution in [3.8, 4) is 11.5 Å². The molecule has 0 radical (unpaired) electrons. The Kier molecular flexibility index (Phi) is 8.59. The van der Waals surface area contributed by atoms with E-state index < -0.39 is 11.9 Å². The van der Waals surface area contributed by atoms with Crippen molar-refractivity contribution in [2.75, 3.05) is 20.7 Å². The van der Waals surface area contributed by atoms with Crippen LogP contribution in [-0.2, 0) is 25.6 Å². The van der Waals surface area contributed by atoms with Gasteiger partial charge >= 0.3 is 6.18 Å². The second-order valence-electron chi connectivity index (χ2n) is 6.63. The van der Waals surface area contributed by atoms with Gasteiger partial charge in [0, 0.05) is 49.5 Å². The van der Waals surface area contributed by atoms with Crippen LogP contribution in [0.5, 0.6) is 11.5 Å². The van der Waals surface area contributed by atoms with Crippen molar-refractivity contribution >= 4 is 41.3 Å². The highest BCUT2D eigenvalue weighted by Crippen LogP contribution is 2.35. The van der Waals surface area contributed by atoms with E-state index in [0.29, 0.717) is 30.5 Å². The number of halogens is 4. The van der Waals surface area contributed by atoms with Gasteiger partial charge in [-0.25, -0.2) is 4.98 Å². The highest BCUT2D eigenvalue weighted by atomic mass is 127. The van der Waals surface area contributed by atoms with Crippen LogP contribution < -0.4 is 20.1 Å². The lowest BCUT2D eigenvalue weighted by Crippen LogP contribution is -2.37. The molecule has 0 fully saturated rings. The first-order valence-corrected chi connectivity index (χ1v) is 10.0. The lowest BCUT2D eigenvalue weighted by molar-refractivity contribution is -0.140. The zero-order valence-corrected chi connectivity index (χ0v) is 19.9. The number of nitrogens with zero attached hydrogens (tertiary/aromatic N) is 2. The number of aromatic nitrogens is 1. The van der Waals surface area contributed by atoms with Crippen LogP contribution in [0.2, 0.25) is 0 Å². The lowest BCUT2D eigenvalue weighted by atomic mass is 10.1. The lowest BCUT2D eigenvalue weighted by Gasteiger charge is -2.14. The third-order valence-corrected chi connectivity index (χ3v) is 5.35. The average Bonchev–Trinajstić information content (AvgIpc) is 3.28. The third kappa shape index (κ3) is 6.13. The van der Waals surface area contributed by atoms with Crippen molar-refractivity contribution in [3.63, 3.8) is 0 Å². The van der Waals surface area contributed by atoms with Gasteiger partial charge < -0.3 is 20.1 Å². The molecular weight excluding hydrogens is 532 g/mol. The molecule has 0 saturated carbocycles. The monoisotopic (exact) mass is 556 g/mol. The molecule has 2 heterocycles. The van der Waals surface area contributed by atoms with Gasteiger partial charge in [0.1, 0.15) is 17.6 Å². The number of nitrogens with one attached hydrogen (secondary N) is 2. The van der Waals surface area contributed by atoms with Gasteiger partial charge in [-0.3, -0.25) is 4.99 Å². The summed E-state index contributed by atoms with van der Waals surface area (Å²) >= 11 is 1.00. The second-order valence-corrected chi connectivity index (χ2v) is 7.57. The van der Waals surface area contributed by atoms with E-state index in [0.717, 1.165) is 45.8 Å². The summed E-state index contributed by atoms with van der Waals surface area (Å²) in [4.78, 5) is 7.77. The molecule has 0 bridgehead atoms. The summed E-state index contributed by atoms with van der Waals surface area (Å²) in [5.74, 6) is 2.17. The summed E-state index contributed by atoms with van der Waals surface area (Å²) in [5, 5.41) is 7.73. The van der Waals surface area contributed by atoms with Gasteiger partial charge in [-0.05, 0) is 19.1 Å². The standard InChI is InChI=1S/C19H23F3N4O2S.HI/c1-11-6-12-7-14(27-3)13(8-15(12)28-11)9-25-18(23-2)24-5-4-17-26-16(10-29-17)19(20,21)22;/h7-8,10-11H,4-6,9H2,1-3H3,(H2,23,24,25);1H. The summed E-state index contributed by atoms with van der Waals surface area (Å²) in [7, 11) is 3.26. The Morgan fingerprint density at radius 1 is 1.37 bits per heavy atom. The molecule has 0 saturated heterocycles. The maximum absolute atomic E-state index is 12.6. The Bertz CT molecular complexity index is 889. The van der Waals surface area contributed by atoms with Crippen molar-refractivity contribution in [3.05, 3.63) is 39.3 Å². The summed E-state index contributed by atoms with van der Waals surface area (Å²) in [6.07, 6.45) is -3.03. The van der Waals surface area contributed by atoms with E-state index in [1.165, 1.54) is 0 Å². The van der Waals surface area contributed by atoms with Crippen LogP contribution in [0.25, 0.3) is 0 Å². The molecule has 11 heteroatoms. The molecule has 1 aliphatic heterocycles. The predicted octanol–water partition coefficient (Wildman–Crippen LogP) is 4.02.